The van der Waals surface area contributed by atoms with E-state index in [0.717, 1.165) is 16.7 Å². The van der Waals surface area contributed by atoms with Crippen molar-refractivity contribution in [1.29, 1.82) is 0 Å². The van der Waals surface area contributed by atoms with Crippen LogP contribution in [0.5, 0.6) is 0 Å². The van der Waals surface area contributed by atoms with Gasteiger partial charge in [-0.25, -0.2) is 14.4 Å². The summed E-state index contributed by atoms with van der Waals surface area (Å²) in [7, 11) is 0. The van der Waals surface area contributed by atoms with E-state index in [1.807, 2.05) is 0 Å². The summed E-state index contributed by atoms with van der Waals surface area (Å²) < 4.78 is 13.8. The molecule has 1 aromatic carbocycles. The summed E-state index contributed by atoms with van der Waals surface area (Å²) in [6.07, 6.45) is 4.43. The molecule has 1 aromatic heterocycles. The number of nitrogens with one attached hydrogen (secondary N) is 1. The highest BCUT2D eigenvalue weighted by atomic mass is 35.5. The van der Waals surface area contributed by atoms with E-state index in [-0.39, 0.29) is 34.3 Å². The highest BCUT2D eigenvalue weighted by Gasteiger charge is 2.34. The Balaban J connectivity index is 1.63. The van der Waals surface area contributed by atoms with Crippen molar-refractivity contribution >= 4 is 58.3 Å². The number of imide groups is 1. The zero-order valence-corrected chi connectivity index (χ0v) is 17.4. The van der Waals surface area contributed by atoms with Gasteiger partial charge in [-0.15, -0.1) is 0 Å². The summed E-state index contributed by atoms with van der Waals surface area (Å²) >= 11 is 7.94. The van der Waals surface area contributed by atoms with Crippen molar-refractivity contribution in [1.82, 2.24) is 20.2 Å². The molecule has 150 valence electrons. The molecule has 29 heavy (non-hydrogen) atoms. The molecule has 0 radical (unpaired) electrons. The molecular weight excluding hydrogens is 439 g/mol. The van der Waals surface area contributed by atoms with E-state index in [1.54, 1.807) is 12.3 Å². The van der Waals surface area contributed by atoms with Gasteiger partial charge in [0, 0.05) is 18.7 Å². The minimum absolute atomic E-state index is 0.0127. The van der Waals surface area contributed by atoms with Crippen LogP contribution in [0.4, 0.5) is 9.18 Å². The third-order valence-corrected chi connectivity index (χ3v) is 5.55. The molecule has 0 atom stereocenters. The number of thioether (sulfide) groups is 2. The number of carbonyl (C=O) groups is 3. The van der Waals surface area contributed by atoms with E-state index in [0.29, 0.717) is 5.16 Å². The van der Waals surface area contributed by atoms with E-state index >= 15 is 0 Å². The number of aromatic nitrogens is 2. The molecule has 1 N–H and O–H groups in total. The predicted octanol–water partition coefficient (Wildman–Crippen LogP) is 3.46. The quantitative estimate of drug-likeness (QED) is 0.407. The van der Waals surface area contributed by atoms with Gasteiger partial charge in [0.05, 0.1) is 16.1 Å². The lowest BCUT2D eigenvalue weighted by atomic mass is 10.2. The molecule has 1 saturated heterocycles. The largest absolute Gasteiger partial charge is 0.349 e. The van der Waals surface area contributed by atoms with E-state index in [1.165, 1.54) is 42.2 Å². The van der Waals surface area contributed by atoms with Gasteiger partial charge >= 0.3 is 0 Å². The Labute approximate surface area is 179 Å². The van der Waals surface area contributed by atoms with Crippen LogP contribution >= 0.6 is 35.1 Å². The molecule has 3 amide bonds. The molecule has 0 spiro atoms. The van der Waals surface area contributed by atoms with Crippen LogP contribution in [0.2, 0.25) is 5.02 Å². The molecule has 7 nitrogen and oxygen atoms in total. The smallest absolute Gasteiger partial charge is 0.293 e. The average Bonchev–Trinajstić information content (AvgIpc) is 2.97. The van der Waals surface area contributed by atoms with E-state index in [2.05, 4.69) is 15.3 Å². The lowest BCUT2D eigenvalue weighted by Crippen LogP contribution is -2.37. The Morgan fingerprint density at radius 1 is 1.38 bits per heavy atom. The maximum Gasteiger partial charge on any atom is 0.293 e. The molecule has 0 bridgehead atoms. The molecule has 1 fully saturated rings. The SMILES string of the molecule is CSc1ncc(Cl)c(C(=O)NCCN2C(=O)S/C(=C\c3ccccc3F)C2=O)n1. The maximum absolute atomic E-state index is 13.8. The fourth-order valence-electron chi connectivity index (χ4n) is 2.40. The topological polar surface area (TPSA) is 92.3 Å². The highest BCUT2D eigenvalue weighted by Crippen LogP contribution is 2.32. The third kappa shape index (κ3) is 4.95. The Morgan fingerprint density at radius 3 is 2.86 bits per heavy atom. The number of hydrogen-bond acceptors (Lipinski definition) is 7. The summed E-state index contributed by atoms with van der Waals surface area (Å²) in [5.41, 5.74) is 0.230. The van der Waals surface area contributed by atoms with Gasteiger partial charge in [-0.1, -0.05) is 41.6 Å². The first-order valence-corrected chi connectivity index (χ1v) is 10.7. The molecule has 2 heterocycles. The lowest BCUT2D eigenvalue weighted by molar-refractivity contribution is -0.122. The fourth-order valence-corrected chi connectivity index (χ4v) is 3.77. The van der Waals surface area contributed by atoms with Crippen LogP contribution in [0, 0.1) is 5.82 Å². The Bertz CT molecular complexity index is 1020. The van der Waals surface area contributed by atoms with Crippen LogP contribution in [0.15, 0.2) is 40.5 Å². The lowest BCUT2D eigenvalue weighted by Gasteiger charge is -2.13. The van der Waals surface area contributed by atoms with Crippen molar-refractivity contribution < 1.29 is 18.8 Å². The van der Waals surface area contributed by atoms with Crippen LogP contribution in [-0.4, -0.2) is 51.3 Å². The van der Waals surface area contributed by atoms with Gasteiger partial charge in [-0.2, -0.15) is 0 Å². The summed E-state index contributed by atoms with van der Waals surface area (Å²) in [6, 6.07) is 5.95. The summed E-state index contributed by atoms with van der Waals surface area (Å²) in [6.45, 7) is -0.0259. The second-order valence-corrected chi connectivity index (χ2v) is 7.84. The zero-order valence-electron chi connectivity index (χ0n) is 15.0. The Morgan fingerprint density at radius 2 is 2.14 bits per heavy atom. The molecule has 1 aliphatic rings. The second kappa shape index (κ2) is 9.38. The number of carbonyl (C=O) groups excluding carboxylic acids is 3. The number of hydrogen-bond donors (Lipinski definition) is 1. The first-order chi connectivity index (χ1) is 13.9. The fraction of sp³-hybridized carbons (Fsp3) is 0.167. The summed E-state index contributed by atoms with van der Waals surface area (Å²) in [4.78, 5) is 46.0. The molecular formula is C18H14ClFN4O3S2. The number of amides is 3. The van der Waals surface area contributed by atoms with Crippen molar-refractivity contribution in [3.8, 4) is 0 Å². The molecule has 0 unspecified atom stereocenters. The maximum atomic E-state index is 13.8. The molecule has 1 aliphatic heterocycles. The predicted molar refractivity (Wildman–Crippen MR) is 110 cm³/mol. The van der Waals surface area contributed by atoms with E-state index in [9.17, 15) is 18.8 Å². The van der Waals surface area contributed by atoms with Crippen LogP contribution in [0.3, 0.4) is 0 Å². The minimum Gasteiger partial charge on any atom is -0.349 e. The summed E-state index contributed by atoms with van der Waals surface area (Å²) in [5.74, 6) is -1.57. The van der Waals surface area contributed by atoms with Gasteiger partial charge in [-0.3, -0.25) is 19.3 Å². The van der Waals surface area contributed by atoms with Gasteiger partial charge in [0.2, 0.25) is 0 Å². The molecule has 11 heteroatoms. The van der Waals surface area contributed by atoms with Gasteiger partial charge in [0.25, 0.3) is 17.1 Å². The van der Waals surface area contributed by atoms with Gasteiger partial charge in [-0.05, 0) is 30.2 Å². The number of nitrogens with zero attached hydrogens (tertiary/aromatic N) is 3. The van der Waals surface area contributed by atoms with E-state index < -0.39 is 22.9 Å². The molecule has 0 saturated carbocycles. The standard InChI is InChI=1S/C18H14ClFN4O3S2/c1-28-17-22-9-11(19)14(23-17)15(25)21-6-7-24-16(26)13(29-18(24)27)8-10-4-2-3-5-12(10)20/h2-5,8-9H,6-7H2,1H3,(H,21,25)/b13-8-. The van der Waals surface area contributed by atoms with Gasteiger partial charge in [0.1, 0.15) is 5.82 Å². The Hall–Kier alpha value is -2.43. The normalized spacial score (nSPS) is 15.3. The molecule has 0 aliphatic carbocycles. The summed E-state index contributed by atoms with van der Waals surface area (Å²) in [5, 5.41) is 2.57. The first kappa shape index (κ1) is 21.3. The minimum atomic E-state index is -0.540. The van der Waals surface area contributed by atoms with Crippen LogP contribution in [0.25, 0.3) is 6.08 Å². The van der Waals surface area contributed by atoms with Crippen molar-refractivity contribution in [2.75, 3.05) is 19.3 Å². The van der Waals surface area contributed by atoms with Gasteiger partial charge in [0.15, 0.2) is 10.9 Å². The second-order valence-electron chi connectivity index (χ2n) is 5.66. The number of rotatable bonds is 6. The monoisotopic (exact) mass is 452 g/mol. The van der Waals surface area contributed by atoms with Crippen molar-refractivity contribution in [2.24, 2.45) is 0 Å². The van der Waals surface area contributed by atoms with Crippen molar-refractivity contribution in [3.05, 3.63) is 57.5 Å². The highest BCUT2D eigenvalue weighted by molar-refractivity contribution is 8.18. The number of benzene rings is 1. The first-order valence-electron chi connectivity index (χ1n) is 8.25. The average molecular weight is 453 g/mol. The Kier molecular flexibility index (Phi) is 6.88. The van der Waals surface area contributed by atoms with E-state index in [4.69, 9.17) is 11.6 Å². The van der Waals surface area contributed by atoms with Crippen LogP contribution in [0.1, 0.15) is 16.1 Å². The van der Waals surface area contributed by atoms with Crippen molar-refractivity contribution in [3.63, 3.8) is 0 Å². The third-order valence-electron chi connectivity index (χ3n) is 3.81. The molecule has 3 rings (SSSR count). The van der Waals surface area contributed by atoms with Crippen molar-refractivity contribution in [2.45, 2.75) is 5.16 Å². The van der Waals surface area contributed by atoms with Crippen LogP contribution < -0.4 is 5.32 Å². The van der Waals surface area contributed by atoms with Crippen LogP contribution in [-0.2, 0) is 4.79 Å². The zero-order chi connectivity index (χ0) is 21.0. The van der Waals surface area contributed by atoms with Gasteiger partial charge < -0.3 is 5.32 Å². The molecule has 2 aromatic rings. The number of halogens is 2.